The van der Waals surface area contributed by atoms with Crippen LogP contribution in [0.1, 0.15) is 51.4 Å². The van der Waals surface area contributed by atoms with Crippen LogP contribution in [0.25, 0.3) is 0 Å². The summed E-state index contributed by atoms with van der Waals surface area (Å²) in [5.41, 5.74) is 0. The van der Waals surface area contributed by atoms with Gasteiger partial charge in [-0.05, 0) is 51.4 Å². The summed E-state index contributed by atoms with van der Waals surface area (Å²) in [6.45, 7) is 0. The molecule has 0 aromatic rings. The Labute approximate surface area is 110 Å². The van der Waals surface area contributed by atoms with Crippen LogP contribution in [0.15, 0.2) is 0 Å². The number of carbonyl (C=O) groups excluding carboxylic acids is 1. The van der Waals surface area contributed by atoms with Crippen molar-refractivity contribution >= 4 is 5.78 Å². The SMILES string of the molecule is COC1CCC(C(=O)C2CCC(OC)CC2)CC1. The summed E-state index contributed by atoms with van der Waals surface area (Å²) in [7, 11) is 3.55. The van der Waals surface area contributed by atoms with Crippen LogP contribution >= 0.6 is 0 Å². The van der Waals surface area contributed by atoms with Crippen molar-refractivity contribution in [1.29, 1.82) is 0 Å². The fourth-order valence-corrected chi connectivity index (χ4v) is 3.50. The van der Waals surface area contributed by atoms with Gasteiger partial charge in [0.2, 0.25) is 0 Å². The maximum Gasteiger partial charge on any atom is 0.139 e. The monoisotopic (exact) mass is 254 g/mol. The highest BCUT2D eigenvalue weighted by Gasteiger charge is 2.33. The van der Waals surface area contributed by atoms with E-state index in [1.165, 1.54) is 0 Å². The van der Waals surface area contributed by atoms with Crippen molar-refractivity contribution < 1.29 is 14.3 Å². The highest BCUT2D eigenvalue weighted by Crippen LogP contribution is 2.34. The van der Waals surface area contributed by atoms with Gasteiger partial charge in [-0.1, -0.05) is 0 Å². The minimum Gasteiger partial charge on any atom is -0.381 e. The normalized spacial score (nSPS) is 37.4. The van der Waals surface area contributed by atoms with Crippen molar-refractivity contribution in [3.8, 4) is 0 Å². The Morgan fingerprint density at radius 1 is 0.722 bits per heavy atom. The van der Waals surface area contributed by atoms with E-state index in [-0.39, 0.29) is 0 Å². The van der Waals surface area contributed by atoms with E-state index in [9.17, 15) is 4.79 Å². The zero-order valence-electron chi connectivity index (χ0n) is 11.7. The molecular weight excluding hydrogens is 228 g/mol. The Morgan fingerprint density at radius 2 is 1.06 bits per heavy atom. The molecule has 0 N–H and O–H groups in total. The average molecular weight is 254 g/mol. The number of hydrogen-bond donors (Lipinski definition) is 0. The maximum atomic E-state index is 12.5. The van der Waals surface area contributed by atoms with Gasteiger partial charge in [0.15, 0.2) is 0 Å². The number of methoxy groups -OCH3 is 2. The van der Waals surface area contributed by atoms with Crippen LogP contribution in [-0.4, -0.2) is 32.2 Å². The molecule has 0 aromatic heterocycles. The lowest BCUT2D eigenvalue weighted by Gasteiger charge is -2.32. The molecule has 104 valence electrons. The standard InChI is InChI=1S/C15H26O3/c1-17-13-7-3-11(4-8-13)15(16)12-5-9-14(18-2)10-6-12/h11-14H,3-10H2,1-2H3. The zero-order chi connectivity index (χ0) is 13.0. The van der Waals surface area contributed by atoms with Crippen LogP contribution in [0.4, 0.5) is 0 Å². The van der Waals surface area contributed by atoms with Crippen LogP contribution in [0.2, 0.25) is 0 Å². The van der Waals surface area contributed by atoms with Crippen molar-refractivity contribution in [2.75, 3.05) is 14.2 Å². The molecule has 3 heteroatoms. The summed E-state index contributed by atoms with van der Waals surface area (Å²) in [5.74, 6) is 1.14. The smallest absolute Gasteiger partial charge is 0.139 e. The van der Waals surface area contributed by atoms with Gasteiger partial charge in [0, 0.05) is 26.1 Å². The van der Waals surface area contributed by atoms with Gasteiger partial charge in [0.25, 0.3) is 0 Å². The summed E-state index contributed by atoms with van der Waals surface area (Å²) in [5, 5.41) is 0. The lowest BCUT2D eigenvalue weighted by atomic mass is 9.75. The van der Waals surface area contributed by atoms with E-state index in [1.807, 2.05) is 0 Å². The highest BCUT2D eigenvalue weighted by atomic mass is 16.5. The fraction of sp³-hybridized carbons (Fsp3) is 0.933. The predicted molar refractivity (Wildman–Crippen MR) is 70.5 cm³/mol. The van der Waals surface area contributed by atoms with E-state index in [1.54, 1.807) is 14.2 Å². The zero-order valence-corrected chi connectivity index (χ0v) is 11.7. The second kappa shape index (κ2) is 6.67. The quantitative estimate of drug-likeness (QED) is 0.773. The summed E-state index contributed by atoms with van der Waals surface area (Å²) in [6, 6.07) is 0. The maximum absolute atomic E-state index is 12.5. The number of ketones is 1. The Morgan fingerprint density at radius 3 is 1.33 bits per heavy atom. The molecule has 0 heterocycles. The second-order valence-electron chi connectivity index (χ2n) is 5.82. The van der Waals surface area contributed by atoms with Crippen LogP contribution in [-0.2, 0) is 14.3 Å². The minimum atomic E-state index is 0.306. The first-order valence-electron chi connectivity index (χ1n) is 7.34. The molecule has 3 nitrogen and oxygen atoms in total. The fourth-order valence-electron chi connectivity index (χ4n) is 3.50. The molecule has 0 radical (unpaired) electrons. The van der Waals surface area contributed by atoms with Gasteiger partial charge >= 0.3 is 0 Å². The molecule has 0 aliphatic heterocycles. The van der Waals surface area contributed by atoms with Crippen molar-refractivity contribution in [3.05, 3.63) is 0 Å². The third-order valence-corrected chi connectivity index (χ3v) is 4.82. The van der Waals surface area contributed by atoms with Crippen molar-refractivity contribution in [2.24, 2.45) is 11.8 Å². The third-order valence-electron chi connectivity index (χ3n) is 4.82. The van der Waals surface area contributed by atoms with E-state index in [4.69, 9.17) is 9.47 Å². The van der Waals surface area contributed by atoms with Crippen molar-refractivity contribution in [1.82, 2.24) is 0 Å². The Bertz CT molecular complexity index is 235. The predicted octanol–water partition coefficient (Wildman–Crippen LogP) is 2.97. The summed E-state index contributed by atoms with van der Waals surface area (Å²) >= 11 is 0. The molecule has 0 aromatic carbocycles. The Balaban J connectivity index is 1.78. The van der Waals surface area contributed by atoms with E-state index in [0.29, 0.717) is 29.8 Å². The van der Waals surface area contributed by atoms with E-state index in [2.05, 4.69) is 0 Å². The molecule has 0 saturated heterocycles. The van der Waals surface area contributed by atoms with Gasteiger partial charge in [0.05, 0.1) is 12.2 Å². The molecule has 2 saturated carbocycles. The van der Waals surface area contributed by atoms with Gasteiger partial charge < -0.3 is 9.47 Å². The molecule has 0 amide bonds. The van der Waals surface area contributed by atoms with Crippen LogP contribution < -0.4 is 0 Å². The van der Waals surface area contributed by atoms with Gasteiger partial charge in [0.1, 0.15) is 5.78 Å². The first kappa shape index (κ1) is 14.0. The Hall–Kier alpha value is -0.410. The van der Waals surface area contributed by atoms with E-state index < -0.39 is 0 Å². The first-order chi connectivity index (χ1) is 8.74. The molecule has 18 heavy (non-hydrogen) atoms. The van der Waals surface area contributed by atoms with Crippen molar-refractivity contribution in [3.63, 3.8) is 0 Å². The van der Waals surface area contributed by atoms with Gasteiger partial charge in [-0.15, -0.1) is 0 Å². The largest absolute Gasteiger partial charge is 0.381 e. The molecule has 0 atom stereocenters. The second-order valence-corrected chi connectivity index (χ2v) is 5.82. The highest BCUT2D eigenvalue weighted by molar-refractivity contribution is 5.83. The minimum absolute atomic E-state index is 0.306. The topological polar surface area (TPSA) is 35.5 Å². The lowest BCUT2D eigenvalue weighted by Crippen LogP contribution is -2.33. The number of carbonyl (C=O) groups is 1. The van der Waals surface area contributed by atoms with E-state index in [0.717, 1.165) is 51.4 Å². The number of Topliss-reactive ketones (excluding diaryl/α,β-unsaturated/α-hetero) is 1. The van der Waals surface area contributed by atoms with Crippen LogP contribution in [0.3, 0.4) is 0 Å². The number of ether oxygens (including phenoxy) is 2. The van der Waals surface area contributed by atoms with Crippen LogP contribution in [0, 0.1) is 11.8 Å². The van der Waals surface area contributed by atoms with Gasteiger partial charge in [-0.3, -0.25) is 4.79 Å². The molecule has 2 aliphatic carbocycles. The summed E-state index contributed by atoms with van der Waals surface area (Å²) < 4.78 is 10.7. The average Bonchev–Trinajstić information content (AvgIpc) is 2.47. The molecule has 2 rings (SSSR count). The Kier molecular flexibility index (Phi) is 5.19. The van der Waals surface area contributed by atoms with Crippen LogP contribution in [0.5, 0.6) is 0 Å². The molecule has 2 fully saturated rings. The third kappa shape index (κ3) is 3.33. The van der Waals surface area contributed by atoms with E-state index >= 15 is 0 Å². The molecule has 2 aliphatic rings. The summed E-state index contributed by atoms with van der Waals surface area (Å²) in [6.07, 6.45) is 9.12. The summed E-state index contributed by atoms with van der Waals surface area (Å²) in [4.78, 5) is 12.5. The van der Waals surface area contributed by atoms with Gasteiger partial charge in [-0.25, -0.2) is 0 Å². The lowest BCUT2D eigenvalue weighted by molar-refractivity contribution is -0.130. The molecular formula is C15H26O3. The first-order valence-corrected chi connectivity index (χ1v) is 7.34. The van der Waals surface area contributed by atoms with Crippen molar-refractivity contribution in [2.45, 2.75) is 63.6 Å². The molecule has 0 bridgehead atoms. The van der Waals surface area contributed by atoms with Gasteiger partial charge in [-0.2, -0.15) is 0 Å². The molecule has 0 spiro atoms. The molecule has 0 unspecified atom stereocenters. The number of rotatable bonds is 4. The number of hydrogen-bond acceptors (Lipinski definition) is 3.